The van der Waals surface area contributed by atoms with Crippen LogP contribution in [-0.4, -0.2) is 31.0 Å². The van der Waals surface area contributed by atoms with Gasteiger partial charge in [0.1, 0.15) is 11.8 Å². The van der Waals surface area contributed by atoms with E-state index >= 15 is 0 Å². The third kappa shape index (κ3) is 3.40. The van der Waals surface area contributed by atoms with E-state index in [9.17, 15) is 18.4 Å². The summed E-state index contributed by atoms with van der Waals surface area (Å²) in [5.74, 6) is -0.665. The molecule has 1 aromatic rings. The zero-order chi connectivity index (χ0) is 13.8. The number of rotatable bonds is 4. The van der Waals surface area contributed by atoms with Crippen LogP contribution in [0.25, 0.3) is 0 Å². The smallest absolute Gasteiger partial charge is 0.387 e. The van der Waals surface area contributed by atoms with Crippen molar-refractivity contribution in [3.05, 3.63) is 29.8 Å². The Morgan fingerprint density at radius 1 is 1.37 bits per heavy atom. The number of amides is 2. The fourth-order valence-electron chi connectivity index (χ4n) is 1.76. The number of hydrogen-bond donors (Lipinski definition) is 2. The number of benzene rings is 1. The highest BCUT2D eigenvalue weighted by molar-refractivity contribution is 5.98. The maximum absolute atomic E-state index is 11.9. The number of carbonyl (C=O) groups is 2. The van der Waals surface area contributed by atoms with Gasteiger partial charge in [0.2, 0.25) is 5.91 Å². The zero-order valence-corrected chi connectivity index (χ0v) is 9.86. The summed E-state index contributed by atoms with van der Waals surface area (Å²) in [6.45, 7) is -2.37. The van der Waals surface area contributed by atoms with Crippen molar-refractivity contribution in [2.75, 3.05) is 6.54 Å². The summed E-state index contributed by atoms with van der Waals surface area (Å²) in [5, 5.41) is 5.17. The summed E-state index contributed by atoms with van der Waals surface area (Å²) in [5.41, 5.74) is 0.279. The van der Waals surface area contributed by atoms with E-state index in [1.165, 1.54) is 24.3 Å². The molecule has 102 valence electrons. The van der Waals surface area contributed by atoms with Gasteiger partial charge in [0.25, 0.3) is 5.91 Å². The Labute approximate surface area is 107 Å². The van der Waals surface area contributed by atoms with Crippen molar-refractivity contribution < 1.29 is 23.1 Å². The van der Waals surface area contributed by atoms with Crippen molar-refractivity contribution in [2.24, 2.45) is 0 Å². The van der Waals surface area contributed by atoms with Crippen molar-refractivity contribution in [1.82, 2.24) is 10.6 Å². The minimum Gasteiger partial charge on any atom is -0.435 e. The molecule has 1 fully saturated rings. The molecular weight excluding hydrogens is 258 g/mol. The van der Waals surface area contributed by atoms with E-state index in [0.29, 0.717) is 13.0 Å². The van der Waals surface area contributed by atoms with Crippen molar-refractivity contribution in [1.29, 1.82) is 0 Å². The summed E-state index contributed by atoms with van der Waals surface area (Å²) < 4.78 is 28.1. The summed E-state index contributed by atoms with van der Waals surface area (Å²) in [7, 11) is 0. The van der Waals surface area contributed by atoms with Crippen molar-refractivity contribution >= 4 is 11.8 Å². The number of carbonyl (C=O) groups excluding carboxylic acids is 2. The topological polar surface area (TPSA) is 67.4 Å². The molecule has 1 unspecified atom stereocenters. The van der Waals surface area contributed by atoms with Gasteiger partial charge in [-0.25, -0.2) is 0 Å². The van der Waals surface area contributed by atoms with Gasteiger partial charge in [0, 0.05) is 12.1 Å². The van der Waals surface area contributed by atoms with Gasteiger partial charge in [-0.15, -0.1) is 0 Å². The molecule has 5 nitrogen and oxygen atoms in total. The van der Waals surface area contributed by atoms with Gasteiger partial charge in [-0.3, -0.25) is 9.59 Å². The van der Waals surface area contributed by atoms with Gasteiger partial charge < -0.3 is 15.4 Å². The molecule has 19 heavy (non-hydrogen) atoms. The van der Waals surface area contributed by atoms with E-state index in [0.717, 1.165) is 0 Å². The molecule has 0 saturated carbocycles. The van der Waals surface area contributed by atoms with Gasteiger partial charge in [0.05, 0.1) is 0 Å². The van der Waals surface area contributed by atoms with Crippen LogP contribution in [0.1, 0.15) is 16.8 Å². The van der Waals surface area contributed by atoms with Crippen LogP contribution in [-0.2, 0) is 4.79 Å². The fourth-order valence-corrected chi connectivity index (χ4v) is 1.76. The lowest BCUT2D eigenvalue weighted by Crippen LogP contribution is -2.40. The van der Waals surface area contributed by atoms with E-state index in [2.05, 4.69) is 15.4 Å². The van der Waals surface area contributed by atoms with Crippen LogP contribution < -0.4 is 15.4 Å². The maximum atomic E-state index is 11.9. The van der Waals surface area contributed by atoms with Gasteiger partial charge in [-0.05, 0) is 30.7 Å². The quantitative estimate of drug-likeness (QED) is 0.854. The van der Waals surface area contributed by atoms with E-state index in [-0.39, 0.29) is 17.2 Å². The standard InChI is InChI=1S/C12H12F2N2O3/c13-12(14)19-8-3-1-7(2-4-8)10(17)16-9-5-6-15-11(9)18/h1-4,9,12H,5-6H2,(H,15,18)(H,16,17). The molecule has 0 aliphatic carbocycles. The summed E-state index contributed by atoms with van der Waals surface area (Å²) >= 11 is 0. The highest BCUT2D eigenvalue weighted by atomic mass is 19.3. The Bertz CT molecular complexity index is 476. The lowest BCUT2D eigenvalue weighted by molar-refractivity contribution is -0.120. The molecule has 1 aromatic carbocycles. The first-order valence-electron chi connectivity index (χ1n) is 5.70. The molecule has 1 aliphatic rings. The Morgan fingerprint density at radius 2 is 2.05 bits per heavy atom. The van der Waals surface area contributed by atoms with Crippen LogP contribution in [0.3, 0.4) is 0 Å². The van der Waals surface area contributed by atoms with E-state index in [1.54, 1.807) is 0 Å². The van der Waals surface area contributed by atoms with Gasteiger partial charge in [0.15, 0.2) is 0 Å². The van der Waals surface area contributed by atoms with E-state index in [1.807, 2.05) is 0 Å². The molecule has 0 bridgehead atoms. The lowest BCUT2D eigenvalue weighted by atomic mass is 10.1. The first-order valence-corrected chi connectivity index (χ1v) is 5.70. The highest BCUT2D eigenvalue weighted by Gasteiger charge is 2.25. The normalized spacial score (nSPS) is 18.3. The number of nitrogens with one attached hydrogen (secondary N) is 2. The van der Waals surface area contributed by atoms with E-state index < -0.39 is 18.6 Å². The van der Waals surface area contributed by atoms with Crippen LogP contribution in [0.5, 0.6) is 5.75 Å². The fraction of sp³-hybridized carbons (Fsp3) is 0.333. The molecule has 1 aliphatic heterocycles. The first-order chi connectivity index (χ1) is 9.06. The second-order valence-corrected chi connectivity index (χ2v) is 4.01. The summed E-state index contributed by atoms with van der Waals surface area (Å²) in [4.78, 5) is 23.1. The molecule has 0 radical (unpaired) electrons. The van der Waals surface area contributed by atoms with Crippen LogP contribution in [0, 0.1) is 0 Å². The predicted molar refractivity (Wildman–Crippen MR) is 62.0 cm³/mol. The lowest BCUT2D eigenvalue weighted by Gasteiger charge is -2.10. The minimum atomic E-state index is -2.90. The van der Waals surface area contributed by atoms with Gasteiger partial charge in [-0.2, -0.15) is 8.78 Å². The number of alkyl halides is 2. The third-order valence-electron chi connectivity index (χ3n) is 2.70. The number of halogens is 2. The first kappa shape index (κ1) is 13.3. The zero-order valence-electron chi connectivity index (χ0n) is 9.86. The summed E-state index contributed by atoms with van der Waals surface area (Å²) in [6.07, 6.45) is 0.539. The monoisotopic (exact) mass is 270 g/mol. The van der Waals surface area contributed by atoms with Crippen LogP contribution in [0.4, 0.5) is 8.78 Å². The number of ether oxygens (including phenoxy) is 1. The SMILES string of the molecule is O=C(NC1CCNC1=O)c1ccc(OC(F)F)cc1. The Morgan fingerprint density at radius 3 is 2.58 bits per heavy atom. The summed E-state index contributed by atoms with van der Waals surface area (Å²) in [6, 6.07) is 4.73. The second kappa shape index (κ2) is 5.64. The van der Waals surface area contributed by atoms with Gasteiger partial charge in [-0.1, -0.05) is 0 Å². The van der Waals surface area contributed by atoms with Gasteiger partial charge >= 0.3 is 6.61 Å². The average Bonchev–Trinajstić information content (AvgIpc) is 2.75. The minimum absolute atomic E-state index is 0.0230. The molecule has 7 heteroatoms. The molecule has 0 aromatic heterocycles. The second-order valence-electron chi connectivity index (χ2n) is 4.01. The van der Waals surface area contributed by atoms with Crippen LogP contribution in [0.2, 0.25) is 0 Å². The molecule has 1 heterocycles. The van der Waals surface area contributed by atoms with Crippen molar-refractivity contribution in [2.45, 2.75) is 19.1 Å². The van der Waals surface area contributed by atoms with Crippen molar-refractivity contribution in [3.8, 4) is 5.75 Å². The number of hydrogen-bond acceptors (Lipinski definition) is 3. The predicted octanol–water partition coefficient (Wildman–Crippen LogP) is 0.906. The molecule has 2 amide bonds. The van der Waals surface area contributed by atoms with Crippen molar-refractivity contribution in [3.63, 3.8) is 0 Å². The van der Waals surface area contributed by atoms with Crippen LogP contribution >= 0.6 is 0 Å². The largest absolute Gasteiger partial charge is 0.435 e. The average molecular weight is 270 g/mol. The Hall–Kier alpha value is -2.18. The Kier molecular flexibility index (Phi) is 3.94. The van der Waals surface area contributed by atoms with Crippen LogP contribution in [0.15, 0.2) is 24.3 Å². The Balaban J connectivity index is 1.97. The maximum Gasteiger partial charge on any atom is 0.387 e. The molecular formula is C12H12F2N2O3. The highest BCUT2D eigenvalue weighted by Crippen LogP contribution is 2.15. The molecule has 2 rings (SSSR count). The molecule has 0 spiro atoms. The molecule has 1 saturated heterocycles. The molecule has 1 atom stereocenters. The molecule has 2 N–H and O–H groups in total. The van der Waals surface area contributed by atoms with E-state index in [4.69, 9.17) is 0 Å². The third-order valence-corrected chi connectivity index (χ3v) is 2.70.